The number of ether oxygens (including phenoxy) is 2. The zero-order valence-electron chi connectivity index (χ0n) is 12.0. The van der Waals surface area contributed by atoms with Crippen LogP contribution in [0.25, 0.3) is 0 Å². The van der Waals surface area contributed by atoms with Crippen LogP contribution in [0.4, 0.5) is 0 Å². The Balaban J connectivity index is 2.11. The molecule has 0 aliphatic carbocycles. The van der Waals surface area contributed by atoms with E-state index in [0.29, 0.717) is 43.2 Å². The molecule has 21 heavy (non-hydrogen) atoms. The van der Waals surface area contributed by atoms with E-state index in [2.05, 4.69) is 5.32 Å². The van der Waals surface area contributed by atoms with Gasteiger partial charge in [-0.2, -0.15) is 0 Å². The summed E-state index contributed by atoms with van der Waals surface area (Å²) in [4.78, 5) is 10.7. The van der Waals surface area contributed by atoms with Crippen LogP contribution in [0.2, 0.25) is 0 Å². The molecular weight excluding hydrogens is 274 g/mol. The maximum absolute atomic E-state index is 10.7. The van der Waals surface area contributed by atoms with Gasteiger partial charge in [0.25, 0.3) is 0 Å². The molecule has 1 aromatic rings. The van der Waals surface area contributed by atoms with Crippen molar-refractivity contribution in [2.75, 3.05) is 19.8 Å². The normalized spacial score (nSPS) is 16.3. The van der Waals surface area contributed by atoms with Gasteiger partial charge in [-0.05, 0) is 30.7 Å². The van der Waals surface area contributed by atoms with Gasteiger partial charge in [0.1, 0.15) is 13.2 Å². The minimum absolute atomic E-state index is 0.0132. The van der Waals surface area contributed by atoms with Gasteiger partial charge in [0.2, 0.25) is 0 Å². The lowest BCUT2D eigenvalue weighted by molar-refractivity contribution is -0.137. The van der Waals surface area contributed by atoms with Crippen molar-refractivity contribution < 1.29 is 24.5 Å². The van der Waals surface area contributed by atoms with E-state index in [9.17, 15) is 9.90 Å². The highest BCUT2D eigenvalue weighted by atomic mass is 16.6. The SMILES string of the molecule is CCNC(CCC(=O)O)C(O)c1ccc2c(c1)OCCO2. The lowest BCUT2D eigenvalue weighted by atomic mass is 9.98. The topological polar surface area (TPSA) is 88.0 Å². The number of fused-ring (bicyclic) bond motifs is 1. The van der Waals surface area contributed by atoms with E-state index in [-0.39, 0.29) is 12.5 Å². The fourth-order valence-electron chi connectivity index (χ4n) is 2.39. The van der Waals surface area contributed by atoms with Gasteiger partial charge in [0.05, 0.1) is 6.10 Å². The molecule has 1 aliphatic rings. The van der Waals surface area contributed by atoms with Crippen LogP contribution in [0.3, 0.4) is 0 Å². The first-order chi connectivity index (χ1) is 10.1. The second-order valence-corrected chi connectivity index (χ2v) is 4.94. The van der Waals surface area contributed by atoms with E-state index in [4.69, 9.17) is 14.6 Å². The van der Waals surface area contributed by atoms with E-state index in [1.165, 1.54) is 0 Å². The lowest BCUT2D eigenvalue weighted by Crippen LogP contribution is -2.35. The van der Waals surface area contributed by atoms with Crippen LogP contribution in [0.1, 0.15) is 31.4 Å². The van der Waals surface area contributed by atoms with Crippen LogP contribution < -0.4 is 14.8 Å². The Morgan fingerprint density at radius 2 is 2.05 bits per heavy atom. The molecule has 116 valence electrons. The summed E-state index contributed by atoms with van der Waals surface area (Å²) in [5, 5.41) is 22.4. The highest BCUT2D eigenvalue weighted by Gasteiger charge is 2.23. The number of carbonyl (C=O) groups is 1. The Morgan fingerprint density at radius 3 is 2.71 bits per heavy atom. The van der Waals surface area contributed by atoms with Crippen LogP contribution in [-0.2, 0) is 4.79 Å². The smallest absolute Gasteiger partial charge is 0.303 e. The fourth-order valence-corrected chi connectivity index (χ4v) is 2.39. The molecule has 2 rings (SSSR count). The van der Waals surface area contributed by atoms with Crippen molar-refractivity contribution in [3.05, 3.63) is 23.8 Å². The summed E-state index contributed by atoms with van der Waals surface area (Å²) < 4.78 is 10.9. The quantitative estimate of drug-likeness (QED) is 0.703. The summed E-state index contributed by atoms with van der Waals surface area (Å²) >= 11 is 0. The molecule has 0 saturated carbocycles. The van der Waals surface area contributed by atoms with Crippen LogP contribution in [0.5, 0.6) is 11.5 Å². The molecule has 1 aliphatic heterocycles. The van der Waals surface area contributed by atoms with Crippen molar-refractivity contribution in [1.82, 2.24) is 5.32 Å². The molecule has 0 aromatic heterocycles. The molecule has 0 amide bonds. The molecule has 3 N–H and O–H groups in total. The molecule has 1 heterocycles. The number of nitrogens with one attached hydrogen (secondary N) is 1. The zero-order chi connectivity index (χ0) is 15.2. The van der Waals surface area contributed by atoms with Gasteiger partial charge >= 0.3 is 5.97 Å². The van der Waals surface area contributed by atoms with E-state index >= 15 is 0 Å². The number of aliphatic hydroxyl groups excluding tert-OH is 1. The molecule has 0 spiro atoms. The number of hydrogen-bond donors (Lipinski definition) is 3. The summed E-state index contributed by atoms with van der Waals surface area (Å²) in [6, 6.07) is 4.99. The Morgan fingerprint density at radius 1 is 1.33 bits per heavy atom. The molecule has 0 bridgehead atoms. The molecule has 2 atom stereocenters. The Hall–Kier alpha value is -1.79. The number of rotatable bonds is 7. The van der Waals surface area contributed by atoms with E-state index in [1.807, 2.05) is 6.92 Å². The minimum atomic E-state index is -0.868. The van der Waals surface area contributed by atoms with Gasteiger partial charge in [-0.3, -0.25) is 4.79 Å². The standard InChI is InChI=1S/C15H21NO5/c1-2-16-11(4-6-14(17)18)15(19)10-3-5-12-13(9-10)21-8-7-20-12/h3,5,9,11,15-16,19H,2,4,6-8H2,1H3,(H,17,18). The van der Waals surface area contributed by atoms with E-state index < -0.39 is 12.1 Å². The van der Waals surface area contributed by atoms with Crippen LogP contribution in [0.15, 0.2) is 18.2 Å². The highest BCUT2D eigenvalue weighted by molar-refractivity contribution is 5.66. The van der Waals surface area contributed by atoms with Crippen molar-refractivity contribution >= 4 is 5.97 Å². The Labute approximate surface area is 123 Å². The summed E-state index contributed by atoms with van der Waals surface area (Å²) in [5.74, 6) is 0.418. The third-order valence-electron chi connectivity index (χ3n) is 3.42. The van der Waals surface area contributed by atoms with Gasteiger partial charge in [0.15, 0.2) is 11.5 Å². The van der Waals surface area contributed by atoms with Gasteiger partial charge < -0.3 is 25.0 Å². The predicted molar refractivity (Wildman–Crippen MR) is 76.7 cm³/mol. The van der Waals surface area contributed by atoms with Crippen LogP contribution >= 0.6 is 0 Å². The first-order valence-corrected chi connectivity index (χ1v) is 7.14. The van der Waals surface area contributed by atoms with Crippen molar-refractivity contribution in [2.45, 2.75) is 31.9 Å². The van der Waals surface area contributed by atoms with E-state index in [1.54, 1.807) is 18.2 Å². The number of carboxylic acid groups (broad SMARTS) is 1. The van der Waals surface area contributed by atoms with Crippen molar-refractivity contribution in [3.8, 4) is 11.5 Å². The Kier molecular flexibility index (Phi) is 5.41. The minimum Gasteiger partial charge on any atom is -0.486 e. The van der Waals surface area contributed by atoms with E-state index in [0.717, 1.165) is 0 Å². The van der Waals surface area contributed by atoms with Gasteiger partial charge in [-0.1, -0.05) is 13.0 Å². The van der Waals surface area contributed by atoms with Crippen molar-refractivity contribution in [2.24, 2.45) is 0 Å². The highest BCUT2D eigenvalue weighted by Crippen LogP contribution is 2.33. The maximum atomic E-state index is 10.7. The summed E-state index contributed by atoms with van der Waals surface area (Å²) in [6.07, 6.45) is -0.418. The third-order valence-corrected chi connectivity index (χ3v) is 3.42. The number of aliphatic carboxylic acids is 1. The molecule has 0 radical (unpaired) electrons. The molecule has 2 unspecified atom stereocenters. The van der Waals surface area contributed by atoms with Gasteiger partial charge in [-0.15, -0.1) is 0 Å². The second-order valence-electron chi connectivity index (χ2n) is 4.94. The van der Waals surface area contributed by atoms with Gasteiger partial charge in [-0.25, -0.2) is 0 Å². The largest absolute Gasteiger partial charge is 0.486 e. The second kappa shape index (κ2) is 7.28. The Bertz CT molecular complexity index is 491. The zero-order valence-corrected chi connectivity index (χ0v) is 12.0. The maximum Gasteiger partial charge on any atom is 0.303 e. The number of carboxylic acids is 1. The summed E-state index contributed by atoms with van der Waals surface area (Å²) in [6.45, 7) is 3.59. The fraction of sp³-hybridized carbons (Fsp3) is 0.533. The lowest BCUT2D eigenvalue weighted by Gasteiger charge is -2.25. The predicted octanol–water partition coefficient (Wildman–Crippen LogP) is 1.33. The van der Waals surface area contributed by atoms with Crippen LogP contribution in [-0.4, -0.2) is 42.0 Å². The number of benzene rings is 1. The van der Waals surface area contributed by atoms with Crippen LogP contribution in [0, 0.1) is 0 Å². The number of aliphatic hydroxyl groups is 1. The first-order valence-electron chi connectivity index (χ1n) is 7.14. The average Bonchev–Trinajstić information content (AvgIpc) is 2.50. The molecule has 6 nitrogen and oxygen atoms in total. The number of hydrogen-bond acceptors (Lipinski definition) is 5. The third kappa shape index (κ3) is 4.09. The van der Waals surface area contributed by atoms with Crippen molar-refractivity contribution in [1.29, 1.82) is 0 Å². The monoisotopic (exact) mass is 295 g/mol. The van der Waals surface area contributed by atoms with Crippen molar-refractivity contribution in [3.63, 3.8) is 0 Å². The molecule has 6 heteroatoms. The summed E-state index contributed by atoms with van der Waals surface area (Å²) in [5.41, 5.74) is 0.690. The molecular formula is C15H21NO5. The number of likely N-dealkylation sites (N-methyl/N-ethyl adjacent to an activating group) is 1. The summed E-state index contributed by atoms with van der Waals surface area (Å²) in [7, 11) is 0. The first kappa shape index (κ1) is 15.6. The molecule has 0 fully saturated rings. The molecule has 1 aromatic carbocycles. The van der Waals surface area contributed by atoms with Gasteiger partial charge in [0, 0.05) is 12.5 Å². The molecule has 0 saturated heterocycles. The average molecular weight is 295 g/mol.